The largest absolute Gasteiger partial charge is 0.323 e. The lowest BCUT2D eigenvalue weighted by Gasteiger charge is -2.04. The highest BCUT2D eigenvalue weighted by molar-refractivity contribution is 5.90. The van der Waals surface area contributed by atoms with Crippen molar-refractivity contribution in [3.05, 3.63) is 71.4 Å². The Morgan fingerprint density at radius 1 is 1.14 bits per heavy atom. The first-order chi connectivity index (χ1) is 10.2. The molecule has 0 fully saturated rings. The first-order valence-corrected chi connectivity index (χ1v) is 6.49. The number of nitrogens with one attached hydrogen (secondary N) is 2. The average Bonchev–Trinajstić information content (AvgIpc) is 2.50. The van der Waals surface area contributed by atoms with Crippen molar-refractivity contribution in [2.75, 3.05) is 5.32 Å². The van der Waals surface area contributed by atoms with E-state index in [1.54, 1.807) is 30.5 Å². The van der Waals surface area contributed by atoms with Gasteiger partial charge in [0.15, 0.2) is 0 Å². The predicted molar refractivity (Wildman–Crippen MR) is 83.5 cm³/mol. The maximum Gasteiger partial charge on any atom is 0.323 e. The number of anilines is 1. The number of urea groups is 1. The molecule has 0 aliphatic rings. The molecule has 2 rings (SSSR count). The Labute approximate surface area is 123 Å². The molecule has 0 saturated carbocycles. The first kappa shape index (κ1) is 14.4. The Bertz CT molecular complexity index is 697. The van der Waals surface area contributed by atoms with Crippen molar-refractivity contribution < 1.29 is 4.79 Å². The van der Waals surface area contributed by atoms with Crippen molar-refractivity contribution in [2.24, 2.45) is 0 Å². The van der Waals surface area contributed by atoms with Crippen LogP contribution in [0.5, 0.6) is 0 Å². The minimum Gasteiger partial charge on any atom is -0.314 e. The lowest BCUT2D eigenvalue weighted by Crippen LogP contribution is -2.23. The molecule has 104 valence electrons. The van der Waals surface area contributed by atoms with Crippen LogP contribution in [0.4, 0.5) is 10.5 Å². The molecule has 4 nitrogen and oxygen atoms in total. The van der Waals surface area contributed by atoms with Crippen molar-refractivity contribution in [3.8, 4) is 6.07 Å². The fraction of sp³-hybridized carbons (Fsp3) is 0.0588. The molecule has 0 spiro atoms. The summed E-state index contributed by atoms with van der Waals surface area (Å²) in [6, 6.07) is 16.3. The summed E-state index contributed by atoms with van der Waals surface area (Å²) < 4.78 is 0. The quantitative estimate of drug-likeness (QED) is 0.899. The van der Waals surface area contributed by atoms with Crippen molar-refractivity contribution in [1.82, 2.24) is 5.32 Å². The number of hydrogen-bond acceptors (Lipinski definition) is 2. The topological polar surface area (TPSA) is 64.9 Å². The molecule has 0 atom stereocenters. The molecule has 2 aromatic carbocycles. The molecule has 2 amide bonds. The van der Waals surface area contributed by atoms with Gasteiger partial charge in [-0.1, -0.05) is 24.3 Å². The minimum absolute atomic E-state index is 0.329. The molecule has 0 bridgehead atoms. The Morgan fingerprint density at radius 3 is 2.52 bits per heavy atom. The molecule has 2 aromatic rings. The molecule has 0 aliphatic carbocycles. The van der Waals surface area contributed by atoms with Crippen LogP contribution in [0.1, 0.15) is 16.7 Å². The van der Waals surface area contributed by atoms with Gasteiger partial charge in [0.05, 0.1) is 11.6 Å². The van der Waals surface area contributed by atoms with E-state index in [4.69, 9.17) is 5.26 Å². The van der Waals surface area contributed by atoms with Crippen LogP contribution in [-0.2, 0) is 0 Å². The van der Waals surface area contributed by atoms with Gasteiger partial charge in [0.1, 0.15) is 0 Å². The van der Waals surface area contributed by atoms with Gasteiger partial charge in [-0.25, -0.2) is 4.79 Å². The van der Waals surface area contributed by atoms with E-state index >= 15 is 0 Å². The van der Waals surface area contributed by atoms with Gasteiger partial charge in [0, 0.05) is 11.9 Å². The molecular formula is C17H15N3O. The minimum atomic E-state index is -0.329. The number of aryl methyl sites for hydroxylation is 1. The number of hydrogen-bond donors (Lipinski definition) is 2. The highest BCUT2D eigenvalue weighted by Crippen LogP contribution is 2.09. The Hall–Kier alpha value is -3.06. The number of benzene rings is 2. The standard InChI is InChI=1S/C17H15N3O/c1-13-4-2-3-5-15(13)10-11-19-17(21)20-16-8-6-14(12-18)7-9-16/h2-11H,1H3,(H2,19,20,21)/b11-10+. The van der Waals surface area contributed by atoms with E-state index in [1.165, 1.54) is 0 Å². The third kappa shape index (κ3) is 4.22. The zero-order valence-electron chi connectivity index (χ0n) is 11.6. The smallest absolute Gasteiger partial charge is 0.314 e. The number of nitriles is 1. The van der Waals surface area contributed by atoms with Crippen LogP contribution in [0, 0.1) is 18.3 Å². The molecule has 0 aromatic heterocycles. The van der Waals surface area contributed by atoms with Crippen molar-refractivity contribution in [3.63, 3.8) is 0 Å². The van der Waals surface area contributed by atoms with Crippen LogP contribution in [0.15, 0.2) is 54.7 Å². The van der Waals surface area contributed by atoms with Crippen molar-refractivity contribution in [2.45, 2.75) is 6.92 Å². The summed E-state index contributed by atoms with van der Waals surface area (Å²) in [4.78, 5) is 11.7. The van der Waals surface area contributed by atoms with Crippen LogP contribution in [-0.4, -0.2) is 6.03 Å². The molecule has 21 heavy (non-hydrogen) atoms. The van der Waals surface area contributed by atoms with Crippen LogP contribution in [0.2, 0.25) is 0 Å². The molecule has 4 heteroatoms. The van der Waals surface area contributed by atoms with Crippen LogP contribution in [0.3, 0.4) is 0 Å². The summed E-state index contributed by atoms with van der Waals surface area (Å²) in [6.07, 6.45) is 3.44. The van der Waals surface area contributed by atoms with Crippen molar-refractivity contribution >= 4 is 17.8 Å². The van der Waals surface area contributed by atoms with Gasteiger partial charge in [-0.2, -0.15) is 5.26 Å². The van der Waals surface area contributed by atoms with E-state index in [9.17, 15) is 4.79 Å². The second kappa shape index (κ2) is 6.92. The number of carbonyl (C=O) groups excluding carboxylic acids is 1. The van der Waals surface area contributed by atoms with Gasteiger partial charge in [-0.3, -0.25) is 0 Å². The molecular weight excluding hydrogens is 262 g/mol. The van der Waals surface area contributed by atoms with Crippen LogP contribution < -0.4 is 10.6 Å². The van der Waals surface area contributed by atoms with Crippen LogP contribution >= 0.6 is 0 Å². The van der Waals surface area contributed by atoms with Gasteiger partial charge in [0.2, 0.25) is 0 Å². The predicted octanol–water partition coefficient (Wildman–Crippen LogP) is 3.66. The Balaban J connectivity index is 1.90. The van der Waals surface area contributed by atoms with E-state index in [-0.39, 0.29) is 6.03 Å². The lowest BCUT2D eigenvalue weighted by atomic mass is 10.1. The Morgan fingerprint density at radius 2 is 1.86 bits per heavy atom. The summed E-state index contributed by atoms with van der Waals surface area (Å²) in [5.74, 6) is 0. The summed E-state index contributed by atoms with van der Waals surface area (Å²) in [7, 11) is 0. The fourth-order valence-corrected chi connectivity index (χ4v) is 1.78. The zero-order chi connectivity index (χ0) is 15.1. The number of amides is 2. The normalized spacial score (nSPS) is 10.1. The highest BCUT2D eigenvalue weighted by Gasteiger charge is 1.99. The number of carbonyl (C=O) groups is 1. The molecule has 2 N–H and O–H groups in total. The SMILES string of the molecule is Cc1ccccc1/C=C/NC(=O)Nc1ccc(C#N)cc1. The highest BCUT2D eigenvalue weighted by atomic mass is 16.2. The van der Waals surface area contributed by atoms with Gasteiger partial charge in [-0.15, -0.1) is 0 Å². The van der Waals surface area contributed by atoms with Crippen LogP contribution in [0.25, 0.3) is 6.08 Å². The van der Waals surface area contributed by atoms with Gasteiger partial charge < -0.3 is 10.6 Å². The summed E-state index contributed by atoms with van der Waals surface area (Å²) >= 11 is 0. The van der Waals surface area contributed by atoms with E-state index in [0.717, 1.165) is 11.1 Å². The van der Waals surface area contributed by atoms with E-state index in [0.29, 0.717) is 11.3 Å². The monoisotopic (exact) mass is 277 g/mol. The lowest BCUT2D eigenvalue weighted by molar-refractivity contribution is 0.255. The maximum atomic E-state index is 11.7. The third-order valence-corrected chi connectivity index (χ3v) is 2.94. The van der Waals surface area contributed by atoms with E-state index in [1.807, 2.05) is 43.3 Å². The molecule has 0 saturated heterocycles. The molecule has 0 radical (unpaired) electrons. The third-order valence-electron chi connectivity index (χ3n) is 2.94. The fourth-order valence-electron chi connectivity index (χ4n) is 1.78. The summed E-state index contributed by atoms with van der Waals surface area (Å²) in [5, 5.41) is 14.0. The van der Waals surface area contributed by atoms with E-state index < -0.39 is 0 Å². The number of rotatable bonds is 3. The van der Waals surface area contributed by atoms with Gasteiger partial charge in [-0.05, 0) is 48.4 Å². The van der Waals surface area contributed by atoms with Crippen molar-refractivity contribution in [1.29, 1.82) is 5.26 Å². The zero-order valence-corrected chi connectivity index (χ0v) is 11.6. The summed E-state index contributed by atoms with van der Waals surface area (Å²) in [5.41, 5.74) is 3.38. The molecule has 0 unspecified atom stereocenters. The number of nitrogens with zero attached hydrogens (tertiary/aromatic N) is 1. The second-order valence-electron chi connectivity index (χ2n) is 4.48. The van der Waals surface area contributed by atoms with Gasteiger partial charge in [0.25, 0.3) is 0 Å². The summed E-state index contributed by atoms with van der Waals surface area (Å²) in [6.45, 7) is 2.01. The second-order valence-corrected chi connectivity index (χ2v) is 4.48. The maximum absolute atomic E-state index is 11.7. The molecule has 0 heterocycles. The van der Waals surface area contributed by atoms with E-state index in [2.05, 4.69) is 10.6 Å². The van der Waals surface area contributed by atoms with Gasteiger partial charge >= 0.3 is 6.03 Å². The molecule has 0 aliphatic heterocycles. The first-order valence-electron chi connectivity index (χ1n) is 6.49. The average molecular weight is 277 g/mol. The Kier molecular flexibility index (Phi) is 4.73.